The number of aromatic nitrogens is 3. The molecule has 2 aromatic rings. The lowest BCUT2D eigenvalue weighted by Crippen LogP contribution is -2.12. The van der Waals surface area contributed by atoms with Gasteiger partial charge in [0, 0.05) is 6.20 Å². The number of H-pyrrole nitrogens is 1. The summed E-state index contributed by atoms with van der Waals surface area (Å²) in [5.41, 5.74) is -1.44. The number of aromatic amines is 1. The average molecular weight is 324 g/mol. The number of hydrogen-bond acceptors (Lipinski definition) is 3. The number of hydrogen-bond donors (Lipinski definition) is 1. The predicted octanol–water partition coefficient (Wildman–Crippen LogP) is 3.47. The summed E-state index contributed by atoms with van der Waals surface area (Å²) in [7, 11) is 0. The molecule has 20 heavy (non-hydrogen) atoms. The van der Waals surface area contributed by atoms with E-state index in [-0.39, 0.29) is 27.3 Å². The second kappa shape index (κ2) is 5.06. The molecule has 2 aromatic heterocycles. The molecule has 4 nitrogen and oxygen atoms in total. The summed E-state index contributed by atoms with van der Waals surface area (Å²) >= 11 is 11.4. The van der Waals surface area contributed by atoms with Crippen molar-refractivity contribution >= 4 is 23.2 Å². The Morgan fingerprint density at radius 3 is 2.45 bits per heavy atom. The van der Waals surface area contributed by atoms with Crippen LogP contribution in [0.2, 0.25) is 10.0 Å². The van der Waals surface area contributed by atoms with E-state index in [1.165, 1.54) is 6.92 Å². The van der Waals surface area contributed by atoms with E-state index in [4.69, 9.17) is 23.2 Å². The summed E-state index contributed by atoms with van der Waals surface area (Å²) < 4.78 is 37.5. The second-order valence-corrected chi connectivity index (χ2v) is 4.65. The van der Waals surface area contributed by atoms with Gasteiger partial charge in [-0.1, -0.05) is 23.2 Å². The molecule has 0 unspecified atom stereocenters. The molecule has 0 saturated heterocycles. The minimum Gasteiger partial charge on any atom is -0.304 e. The van der Waals surface area contributed by atoms with Crippen molar-refractivity contribution in [3.05, 3.63) is 43.9 Å². The van der Waals surface area contributed by atoms with Crippen LogP contribution < -0.4 is 5.56 Å². The largest absolute Gasteiger partial charge is 0.417 e. The van der Waals surface area contributed by atoms with Crippen LogP contribution in [0, 0.1) is 6.92 Å². The van der Waals surface area contributed by atoms with E-state index in [9.17, 15) is 18.0 Å². The zero-order chi connectivity index (χ0) is 15.1. The van der Waals surface area contributed by atoms with Crippen molar-refractivity contribution < 1.29 is 13.2 Å². The van der Waals surface area contributed by atoms with Crippen molar-refractivity contribution in [3.8, 4) is 11.5 Å². The Morgan fingerprint density at radius 2 is 1.95 bits per heavy atom. The molecular weight excluding hydrogens is 318 g/mol. The monoisotopic (exact) mass is 323 g/mol. The Bertz CT molecular complexity index is 728. The molecule has 0 aliphatic rings. The van der Waals surface area contributed by atoms with E-state index in [0.29, 0.717) is 12.3 Å². The van der Waals surface area contributed by atoms with E-state index in [1.54, 1.807) is 0 Å². The maximum absolute atomic E-state index is 12.5. The lowest BCUT2D eigenvalue weighted by molar-refractivity contribution is -0.137. The van der Waals surface area contributed by atoms with Crippen LogP contribution in [0.15, 0.2) is 17.1 Å². The van der Waals surface area contributed by atoms with Gasteiger partial charge < -0.3 is 4.98 Å². The van der Waals surface area contributed by atoms with Crippen LogP contribution in [0.4, 0.5) is 13.2 Å². The number of aryl methyl sites for hydroxylation is 1. The van der Waals surface area contributed by atoms with Crippen molar-refractivity contribution in [2.24, 2.45) is 0 Å². The number of alkyl halides is 3. The maximum atomic E-state index is 12.5. The maximum Gasteiger partial charge on any atom is 0.417 e. The highest BCUT2D eigenvalue weighted by Crippen LogP contribution is 2.33. The van der Waals surface area contributed by atoms with Gasteiger partial charge in [-0.2, -0.15) is 13.2 Å². The molecule has 9 heteroatoms. The normalized spacial score (nSPS) is 11.7. The van der Waals surface area contributed by atoms with E-state index in [2.05, 4.69) is 15.0 Å². The zero-order valence-corrected chi connectivity index (χ0v) is 11.4. The van der Waals surface area contributed by atoms with Gasteiger partial charge in [0.1, 0.15) is 10.7 Å². The summed E-state index contributed by atoms with van der Waals surface area (Å²) in [5, 5.41) is -0.374. The van der Waals surface area contributed by atoms with Gasteiger partial charge in [0.2, 0.25) is 0 Å². The molecule has 0 aliphatic heterocycles. The second-order valence-electron chi connectivity index (χ2n) is 3.87. The smallest absolute Gasteiger partial charge is 0.304 e. The van der Waals surface area contributed by atoms with E-state index in [1.807, 2.05) is 0 Å². The van der Waals surface area contributed by atoms with Crippen molar-refractivity contribution in [1.29, 1.82) is 0 Å². The third kappa shape index (κ3) is 2.78. The van der Waals surface area contributed by atoms with Crippen LogP contribution in [0.25, 0.3) is 11.5 Å². The Kier molecular flexibility index (Phi) is 3.75. The predicted molar refractivity (Wildman–Crippen MR) is 67.8 cm³/mol. The minimum absolute atomic E-state index is 0.0457. The molecule has 0 fully saturated rings. The number of pyridine rings is 1. The summed E-state index contributed by atoms with van der Waals surface area (Å²) in [4.78, 5) is 21.3. The fourth-order valence-electron chi connectivity index (χ4n) is 1.45. The molecule has 0 spiro atoms. The first-order valence-corrected chi connectivity index (χ1v) is 5.95. The van der Waals surface area contributed by atoms with Crippen LogP contribution >= 0.6 is 23.2 Å². The Morgan fingerprint density at radius 1 is 1.30 bits per heavy atom. The first kappa shape index (κ1) is 14.8. The van der Waals surface area contributed by atoms with Gasteiger partial charge in [-0.25, -0.2) is 4.98 Å². The molecule has 0 bridgehead atoms. The fourth-order valence-corrected chi connectivity index (χ4v) is 1.80. The third-order valence-corrected chi connectivity index (χ3v) is 3.15. The van der Waals surface area contributed by atoms with Crippen molar-refractivity contribution in [3.63, 3.8) is 0 Å². The first-order valence-electron chi connectivity index (χ1n) is 5.19. The highest BCUT2D eigenvalue weighted by atomic mass is 35.5. The van der Waals surface area contributed by atoms with Crippen molar-refractivity contribution in [2.45, 2.75) is 13.1 Å². The molecule has 0 radical (unpaired) electrons. The summed E-state index contributed by atoms with van der Waals surface area (Å²) in [5.74, 6) is -0.0457. The van der Waals surface area contributed by atoms with Crippen LogP contribution in [-0.2, 0) is 6.18 Å². The summed E-state index contributed by atoms with van der Waals surface area (Å²) in [6, 6.07) is 0.716. The first-order chi connectivity index (χ1) is 9.20. The van der Waals surface area contributed by atoms with E-state index < -0.39 is 17.3 Å². The molecule has 1 N–H and O–H groups in total. The van der Waals surface area contributed by atoms with Gasteiger partial charge in [-0.05, 0) is 13.0 Å². The third-order valence-electron chi connectivity index (χ3n) is 2.42. The van der Waals surface area contributed by atoms with Crippen molar-refractivity contribution in [1.82, 2.24) is 15.0 Å². The van der Waals surface area contributed by atoms with Crippen LogP contribution in [-0.4, -0.2) is 15.0 Å². The van der Waals surface area contributed by atoms with Crippen LogP contribution in [0.1, 0.15) is 11.3 Å². The lowest BCUT2D eigenvalue weighted by atomic mass is 10.2. The fraction of sp³-hybridized carbons (Fsp3) is 0.182. The van der Waals surface area contributed by atoms with Gasteiger partial charge in [0.25, 0.3) is 5.56 Å². The van der Waals surface area contributed by atoms with Gasteiger partial charge in [0.15, 0.2) is 5.82 Å². The van der Waals surface area contributed by atoms with Crippen LogP contribution in [0.5, 0.6) is 0 Å². The zero-order valence-electron chi connectivity index (χ0n) is 9.85. The number of halogens is 5. The number of nitrogens with zero attached hydrogens (tertiary/aromatic N) is 2. The van der Waals surface area contributed by atoms with Gasteiger partial charge in [-0.15, -0.1) is 0 Å². The standard InChI is InChI=1S/C11H6Cl2F3N3O/c1-4-7(13)10(20)19-9(18-4)8-6(12)2-5(3-17-8)11(14,15)16/h2-3H,1H3,(H,18,19,20). The Hall–Kier alpha value is -1.60. The summed E-state index contributed by atoms with van der Waals surface area (Å²) in [6.45, 7) is 1.49. The van der Waals surface area contributed by atoms with Gasteiger partial charge in [-0.3, -0.25) is 9.78 Å². The SMILES string of the molecule is Cc1nc(-c2ncc(C(F)(F)F)cc2Cl)[nH]c(=O)c1Cl. The van der Waals surface area contributed by atoms with Gasteiger partial charge in [0.05, 0.1) is 16.3 Å². The Labute approximate surface area is 120 Å². The quantitative estimate of drug-likeness (QED) is 0.874. The molecule has 2 rings (SSSR count). The van der Waals surface area contributed by atoms with Gasteiger partial charge >= 0.3 is 6.18 Å². The minimum atomic E-state index is -4.55. The molecule has 2 heterocycles. The molecule has 0 saturated carbocycles. The molecule has 0 amide bonds. The highest BCUT2D eigenvalue weighted by molar-refractivity contribution is 6.33. The molecule has 0 atom stereocenters. The lowest BCUT2D eigenvalue weighted by Gasteiger charge is -2.09. The number of nitrogens with one attached hydrogen (secondary N) is 1. The van der Waals surface area contributed by atoms with E-state index >= 15 is 0 Å². The van der Waals surface area contributed by atoms with Crippen molar-refractivity contribution in [2.75, 3.05) is 0 Å². The summed E-state index contributed by atoms with van der Waals surface area (Å²) in [6.07, 6.45) is -3.93. The molecule has 0 aromatic carbocycles. The van der Waals surface area contributed by atoms with E-state index in [0.717, 1.165) is 0 Å². The average Bonchev–Trinajstić information content (AvgIpc) is 2.34. The molecule has 0 aliphatic carbocycles. The van der Waals surface area contributed by atoms with Crippen LogP contribution in [0.3, 0.4) is 0 Å². The Balaban J connectivity index is 2.57. The topological polar surface area (TPSA) is 58.6 Å². The molecule has 106 valence electrons. The highest BCUT2D eigenvalue weighted by Gasteiger charge is 2.31. The number of rotatable bonds is 1. The molecular formula is C11H6Cl2F3N3O.